The minimum atomic E-state index is -3.82. The number of benzene rings is 1. The van der Waals surface area contributed by atoms with Crippen LogP contribution in [0.15, 0.2) is 53.7 Å². The molecule has 3 aromatic heterocycles. The number of nitrogens with zero attached hydrogens (tertiary/aromatic N) is 5. The number of hydrogen-bond donors (Lipinski definition) is 1. The molecule has 0 radical (unpaired) electrons. The number of pyridine rings is 1. The molecule has 9 heteroatoms. The molecule has 8 nitrogen and oxygen atoms in total. The number of rotatable bonds is 4. The van der Waals surface area contributed by atoms with Gasteiger partial charge in [0, 0.05) is 11.6 Å². The normalized spacial score (nSPS) is 20.3. The monoisotopic (exact) mass is 435 g/mol. The van der Waals surface area contributed by atoms with Crippen molar-refractivity contribution in [1.82, 2.24) is 18.5 Å². The summed E-state index contributed by atoms with van der Waals surface area (Å²) < 4.78 is 29.5. The van der Waals surface area contributed by atoms with Crippen LogP contribution < -0.4 is 0 Å². The molecule has 1 saturated carbocycles. The molecular weight excluding hydrogens is 414 g/mol. The van der Waals surface area contributed by atoms with E-state index in [4.69, 9.17) is 0 Å². The van der Waals surface area contributed by atoms with Gasteiger partial charge in [0.1, 0.15) is 17.4 Å². The van der Waals surface area contributed by atoms with Crippen LogP contribution in [0.2, 0.25) is 0 Å². The molecule has 1 aliphatic rings. The lowest BCUT2D eigenvalue weighted by Gasteiger charge is -2.21. The van der Waals surface area contributed by atoms with Crippen molar-refractivity contribution in [3.8, 4) is 6.07 Å². The van der Waals surface area contributed by atoms with E-state index in [1.54, 1.807) is 43.3 Å². The highest BCUT2D eigenvalue weighted by atomic mass is 32.2. The summed E-state index contributed by atoms with van der Waals surface area (Å²) in [7, 11) is -3.82. The summed E-state index contributed by atoms with van der Waals surface area (Å²) in [6.45, 7) is 1.64. The standard InChI is InChI=1S/C22H21N5O3S/c1-14(28)21-25-18-13-24-22-17(20(18)27(21)19-9-5-6-15(19)12-23)10-11-26(22)31(29,30)16-7-3-2-4-8-16/h2-4,7-8,10-11,13-15,19,28H,5-6,9H2,1H3/t14-,15?,19?/m1/s1. The number of aliphatic hydroxyl groups excluding tert-OH is 1. The van der Waals surface area contributed by atoms with E-state index in [9.17, 15) is 18.8 Å². The van der Waals surface area contributed by atoms with Gasteiger partial charge < -0.3 is 9.67 Å². The van der Waals surface area contributed by atoms with E-state index >= 15 is 0 Å². The summed E-state index contributed by atoms with van der Waals surface area (Å²) in [6.07, 6.45) is 4.70. The van der Waals surface area contributed by atoms with Crippen LogP contribution in [0, 0.1) is 17.2 Å². The van der Waals surface area contributed by atoms with Crippen LogP contribution in [-0.4, -0.2) is 32.0 Å². The first-order valence-corrected chi connectivity index (χ1v) is 11.6. The van der Waals surface area contributed by atoms with Crippen LogP contribution >= 0.6 is 0 Å². The first-order chi connectivity index (χ1) is 14.9. The smallest absolute Gasteiger partial charge is 0.269 e. The lowest BCUT2D eigenvalue weighted by atomic mass is 10.0. The zero-order valence-electron chi connectivity index (χ0n) is 16.9. The van der Waals surface area contributed by atoms with E-state index in [0.717, 1.165) is 19.3 Å². The molecule has 5 rings (SSSR count). The van der Waals surface area contributed by atoms with Gasteiger partial charge in [0.2, 0.25) is 0 Å². The Morgan fingerprint density at radius 3 is 2.71 bits per heavy atom. The van der Waals surface area contributed by atoms with Gasteiger partial charge >= 0.3 is 0 Å². The Morgan fingerprint density at radius 2 is 2.00 bits per heavy atom. The average molecular weight is 436 g/mol. The van der Waals surface area contributed by atoms with Crippen LogP contribution in [-0.2, 0) is 10.0 Å². The number of imidazole rings is 1. The second kappa shape index (κ2) is 7.18. The Hall–Kier alpha value is -3.22. The van der Waals surface area contributed by atoms with Gasteiger partial charge in [-0.3, -0.25) is 0 Å². The van der Waals surface area contributed by atoms with E-state index in [2.05, 4.69) is 16.0 Å². The highest BCUT2D eigenvalue weighted by Gasteiger charge is 2.33. The second-order valence-electron chi connectivity index (χ2n) is 7.91. The van der Waals surface area contributed by atoms with Crippen molar-refractivity contribution < 1.29 is 13.5 Å². The Kier molecular flexibility index (Phi) is 4.57. The summed E-state index contributed by atoms with van der Waals surface area (Å²) >= 11 is 0. The molecular formula is C22H21N5O3S. The van der Waals surface area contributed by atoms with Crippen molar-refractivity contribution in [3.05, 3.63) is 54.6 Å². The molecule has 1 aromatic carbocycles. The number of hydrogen-bond acceptors (Lipinski definition) is 6. The molecule has 0 bridgehead atoms. The Balaban J connectivity index is 1.79. The van der Waals surface area contributed by atoms with Gasteiger partial charge in [-0.05, 0) is 44.4 Å². The average Bonchev–Trinajstić information content (AvgIpc) is 3.49. The number of aliphatic hydroxyl groups is 1. The van der Waals surface area contributed by atoms with Crippen molar-refractivity contribution >= 4 is 32.1 Å². The number of nitriles is 1. The third-order valence-electron chi connectivity index (χ3n) is 6.01. The molecule has 0 aliphatic heterocycles. The molecule has 3 atom stereocenters. The van der Waals surface area contributed by atoms with Crippen molar-refractivity contribution in [1.29, 1.82) is 5.26 Å². The maximum absolute atomic E-state index is 13.2. The fraction of sp³-hybridized carbons (Fsp3) is 0.318. The number of aromatic nitrogens is 4. The van der Waals surface area contributed by atoms with E-state index in [0.29, 0.717) is 27.9 Å². The SMILES string of the molecule is C[C@@H](O)c1nc2cnc3c(ccn3S(=O)(=O)c3ccccc3)c2n1C1CCCC1C#N. The maximum atomic E-state index is 13.2. The van der Waals surface area contributed by atoms with Crippen molar-refractivity contribution in [2.24, 2.45) is 5.92 Å². The van der Waals surface area contributed by atoms with Gasteiger partial charge in [-0.15, -0.1) is 0 Å². The molecule has 0 saturated heterocycles. The van der Waals surface area contributed by atoms with Gasteiger partial charge in [-0.1, -0.05) is 18.2 Å². The fourth-order valence-corrected chi connectivity index (χ4v) is 5.92. The van der Waals surface area contributed by atoms with Gasteiger partial charge in [-0.2, -0.15) is 5.26 Å². The molecule has 0 amide bonds. The Labute approximate surface area is 179 Å². The highest BCUT2D eigenvalue weighted by molar-refractivity contribution is 7.90. The third kappa shape index (κ3) is 2.94. The van der Waals surface area contributed by atoms with Crippen LogP contribution in [0.1, 0.15) is 44.2 Å². The molecule has 4 aromatic rings. The largest absolute Gasteiger partial charge is 0.385 e. The van der Waals surface area contributed by atoms with Crippen LogP contribution in [0.5, 0.6) is 0 Å². The molecule has 1 fully saturated rings. The van der Waals surface area contributed by atoms with Crippen LogP contribution in [0.25, 0.3) is 22.1 Å². The van der Waals surface area contributed by atoms with Crippen LogP contribution in [0.4, 0.5) is 0 Å². The van der Waals surface area contributed by atoms with Gasteiger partial charge in [0.25, 0.3) is 10.0 Å². The first-order valence-electron chi connectivity index (χ1n) is 10.2. The zero-order valence-corrected chi connectivity index (χ0v) is 17.7. The summed E-state index contributed by atoms with van der Waals surface area (Å²) in [5.41, 5.74) is 1.57. The van der Waals surface area contributed by atoms with E-state index in [1.165, 1.54) is 16.4 Å². The maximum Gasteiger partial charge on any atom is 0.269 e. The Morgan fingerprint density at radius 1 is 1.23 bits per heavy atom. The second-order valence-corrected chi connectivity index (χ2v) is 9.72. The molecule has 0 spiro atoms. The minimum Gasteiger partial charge on any atom is -0.385 e. The highest BCUT2D eigenvalue weighted by Crippen LogP contribution is 2.41. The van der Waals surface area contributed by atoms with Crippen molar-refractivity contribution in [2.45, 2.75) is 43.2 Å². The summed E-state index contributed by atoms with van der Waals surface area (Å²) in [4.78, 5) is 9.16. The van der Waals surface area contributed by atoms with Crippen molar-refractivity contribution in [2.75, 3.05) is 0 Å². The van der Waals surface area contributed by atoms with Gasteiger partial charge in [-0.25, -0.2) is 22.4 Å². The predicted molar refractivity (Wildman–Crippen MR) is 115 cm³/mol. The molecule has 31 heavy (non-hydrogen) atoms. The first kappa shape index (κ1) is 19.7. The minimum absolute atomic E-state index is 0.126. The molecule has 2 unspecified atom stereocenters. The lowest BCUT2D eigenvalue weighted by Crippen LogP contribution is -2.17. The van der Waals surface area contributed by atoms with E-state index in [1.807, 2.05) is 4.57 Å². The van der Waals surface area contributed by atoms with Crippen LogP contribution in [0.3, 0.4) is 0 Å². The fourth-order valence-electron chi connectivity index (χ4n) is 4.60. The summed E-state index contributed by atoms with van der Waals surface area (Å²) in [5.74, 6) is 0.281. The predicted octanol–water partition coefficient (Wildman–Crippen LogP) is 3.54. The van der Waals surface area contributed by atoms with Crippen molar-refractivity contribution in [3.63, 3.8) is 0 Å². The van der Waals surface area contributed by atoms with Gasteiger partial charge in [0.05, 0.1) is 34.6 Å². The summed E-state index contributed by atoms with van der Waals surface area (Å²) in [6, 6.07) is 12.2. The Bertz CT molecular complexity index is 1430. The van der Waals surface area contributed by atoms with E-state index < -0.39 is 16.1 Å². The van der Waals surface area contributed by atoms with E-state index in [-0.39, 0.29) is 16.9 Å². The molecule has 158 valence electrons. The molecule has 1 aliphatic carbocycles. The molecule has 3 heterocycles. The quantitative estimate of drug-likeness (QED) is 0.524. The molecule has 1 N–H and O–H groups in total. The van der Waals surface area contributed by atoms with Gasteiger partial charge in [0.15, 0.2) is 5.65 Å². The topological polar surface area (TPSA) is 114 Å². The lowest BCUT2D eigenvalue weighted by molar-refractivity contribution is 0.180. The zero-order chi connectivity index (χ0) is 21.8. The summed E-state index contributed by atoms with van der Waals surface area (Å²) in [5, 5.41) is 20.7. The third-order valence-corrected chi connectivity index (χ3v) is 7.69. The number of fused-ring (bicyclic) bond motifs is 3.